The van der Waals surface area contributed by atoms with Gasteiger partial charge in [0.15, 0.2) is 0 Å². The van der Waals surface area contributed by atoms with Crippen LogP contribution in [0.15, 0.2) is 58.3 Å². The molecule has 2 aromatic carbocycles. The minimum absolute atomic E-state index is 0.101. The fraction of sp³-hybridized carbons (Fsp3) is 0.455. The van der Waals surface area contributed by atoms with E-state index in [1.165, 1.54) is 24.3 Å². The minimum Gasteiger partial charge on any atom is -0.381 e. The van der Waals surface area contributed by atoms with Crippen molar-refractivity contribution in [2.24, 2.45) is 0 Å². The summed E-state index contributed by atoms with van der Waals surface area (Å²) < 4.78 is 63.7. The molecule has 0 fully saturated rings. The van der Waals surface area contributed by atoms with Crippen LogP contribution in [0.5, 0.6) is 0 Å². The number of rotatable bonds is 14. The summed E-state index contributed by atoms with van der Waals surface area (Å²) in [6.07, 6.45) is 2.45. The maximum absolute atomic E-state index is 12.0. The highest BCUT2D eigenvalue weighted by Crippen LogP contribution is 2.15. The van der Waals surface area contributed by atoms with Crippen molar-refractivity contribution in [3.63, 3.8) is 0 Å². The Morgan fingerprint density at radius 3 is 1.23 bits per heavy atom. The van der Waals surface area contributed by atoms with Crippen molar-refractivity contribution < 1.29 is 29.9 Å². The molecule has 0 aromatic heterocycles. The van der Waals surface area contributed by atoms with E-state index in [0.717, 1.165) is 11.1 Å². The molecule has 0 atom stereocenters. The lowest BCUT2D eigenvalue weighted by atomic mass is 10.2. The minimum atomic E-state index is -3.72. The van der Waals surface area contributed by atoms with Gasteiger partial charge in [0, 0.05) is 13.2 Å². The zero-order valence-electron chi connectivity index (χ0n) is 17.9. The van der Waals surface area contributed by atoms with Gasteiger partial charge in [0.2, 0.25) is 0 Å². The predicted molar refractivity (Wildman–Crippen MR) is 118 cm³/mol. The van der Waals surface area contributed by atoms with Gasteiger partial charge in [-0.25, -0.2) is 0 Å². The topological polar surface area (TPSA) is 96.0 Å². The molecule has 0 aliphatic carbocycles. The van der Waals surface area contributed by atoms with Gasteiger partial charge >= 0.3 is 0 Å². The normalized spacial score (nSPS) is 12.2. The molecule has 172 valence electrons. The number of ether oxygens (including phenoxy) is 1. The highest BCUT2D eigenvalue weighted by molar-refractivity contribution is 7.87. The Bertz CT molecular complexity index is 913. The summed E-state index contributed by atoms with van der Waals surface area (Å²) >= 11 is 0. The van der Waals surface area contributed by atoms with Gasteiger partial charge < -0.3 is 4.74 Å². The quantitative estimate of drug-likeness (QED) is 0.304. The van der Waals surface area contributed by atoms with Gasteiger partial charge in [0.05, 0.1) is 23.0 Å². The van der Waals surface area contributed by atoms with E-state index in [2.05, 4.69) is 0 Å². The van der Waals surface area contributed by atoms with Crippen molar-refractivity contribution in [1.82, 2.24) is 0 Å². The Morgan fingerprint density at radius 2 is 0.871 bits per heavy atom. The number of hydrogen-bond donors (Lipinski definition) is 0. The molecule has 2 rings (SSSR count). The van der Waals surface area contributed by atoms with E-state index in [0.29, 0.717) is 38.9 Å². The molecule has 0 aliphatic rings. The first kappa shape index (κ1) is 25.5. The highest BCUT2D eigenvalue weighted by Gasteiger charge is 2.15. The van der Waals surface area contributed by atoms with Gasteiger partial charge in [0.25, 0.3) is 20.2 Å². The van der Waals surface area contributed by atoms with Gasteiger partial charge in [-0.2, -0.15) is 16.8 Å². The SMILES string of the molecule is Cc1ccc(S(=O)(=O)OCCCCOCCCCOS(=O)(=O)c2ccc(C)cc2)cc1. The van der Waals surface area contributed by atoms with E-state index in [-0.39, 0.29) is 23.0 Å². The zero-order chi connectivity index (χ0) is 22.7. The number of benzene rings is 2. The molecule has 2 aromatic rings. The van der Waals surface area contributed by atoms with Crippen LogP contribution < -0.4 is 0 Å². The van der Waals surface area contributed by atoms with Crippen molar-refractivity contribution in [3.8, 4) is 0 Å². The molecule has 0 amide bonds. The summed E-state index contributed by atoms with van der Waals surface area (Å²) in [5.74, 6) is 0. The number of unbranched alkanes of at least 4 members (excludes halogenated alkanes) is 2. The fourth-order valence-corrected chi connectivity index (χ4v) is 4.48. The molecule has 7 nitrogen and oxygen atoms in total. The van der Waals surface area contributed by atoms with Crippen LogP contribution >= 0.6 is 0 Å². The molecule has 0 unspecified atom stereocenters. The second-order valence-corrected chi connectivity index (χ2v) is 10.4. The lowest BCUT2D eigenvalue weighted by Crippen LogP contribution is -2.09. The Morgan fingerprint density at radius 1 is 0.548 bits per heavy atom. The monoisotopic (exact) mass is 470 g/mol. The molecule has 0 bridgehead atoms. The van der Waals surface area contributed by atoms with E-state index in [1.54, 1.807) is 24.3 Å². The Hall–Kier alpha value is -1.78. The van der Waals surface area contributed by atoms with E-state index in [1.807, 2.05) is 13.8 Å². The van der Waals surface area contributed by atoms with Crippen molar-refractivity contribution >= 4 is 20.2 Å². The number of aryl methyl sites for hydroxylation is 2. The third-order valence-corrected chi connectivity index (χ3v) is 7.12. The molecule has 31 heavy (non-hydrogen) atoms. The smallest absolute Gasteiger partial charge is 0.296 e. The van der Waals surface area contributed by atoms with E-state index >= 15 is 0 Å². The molecule has 0 spiro atoms. The van der Waals surface area contributed by atoms with Gasteiger partial charge in [0.1, 0.15) is 0 Å². The van der Waals surface area contributed by atoms with Gasteiger partial charge in [-0.05, 0) is 63.8 Å². The van der Waals surface area contributed by atoms with E-state index in [4.69, 9.17) is 13.1 Å². The highest BCUT2D eigenvalue weighted by atomic mass is 32.2. The summed E-state index contributed by atoms with van der Waals surface area (Å²) in [6, 6.07) is 13.0. The molecular formula is C22H30O7S2. The van der Waals surface area contributed by atoms with Gasteiger partial charge in [-0.3, -0.25) is 8.37 Å². The first-order valence-electron chi connectivity index (χ1n) is 10.2. The largest absolute Gasteiger partial charge is 0.381 e. The average molecular weight is 471 g/mol. The van der Waals surface area contributed by atoms with Crippen molar-refractivity contribution in [2.45, 2.75) is 49.3 Å². The molecule has 0 saturated heterocycles. The third-order valence-electron chi connectivity index (χ3n) is 4.46. The van der Waals surface area contributed by atoms with Gasteiger partial charge in [-0.15, -0.1) is 0 Å². The van der Waals surface area contributed by atoms with Crippen molar-refractivity contribution in [3.05, 3.63) is 59.7 Å². The van der Waals surface area contributed by atoms with Crippen molar-refractivity contribution in [2.75, 3.05) is 26.4 Å². The Kier molecular flexibility index (Phi) is 10.1. The van der Waals surface area contributed by atoms with Crippen LogP contribution in [-0.4, -0.2) is 43.3 Å². The molecule has 0 saturated carbocycles. The average Bonchev–Trinajstić information content (AvgIpc) is 2.72. The van der Waals surface area contributed by atoms with Crippen LogP contribution in [0, 0.1) is 13.8 Å². The summed E-state index contributed by atoms with van der Waals surface area (Å²) in [4.78, 5) is 0.307. The molecule has 0 radical (unpaired) electrons. The summed E-state index contributed by atoms with van der Waals surface area (Å²) in [5, 5.41) is 0. The summed E-state index contributed by atoms with van der Waals surface area (Å²) in [5.41, 5.74) is 1.96. The maximum Gasteiger partial charge on any atom is 0.296 e. The third kappa shape index (κ3) is 9.08. The lowest BCUT2D eigenvalue weighted by molar-refractivity contribution is 0.120. The van der Waals surface area contributed by atoms with Gasteiger partial charge in [-0.1, -0.05) is 35.4 Å². The van der Waals surface area contributed by atoms with Crippen LogP contribution in [0.1, 0.15) is 36.8 Å². The molecule has 0 N–H and O–H groups in total. The second-order valence-electron chi connectivity index (χ2n) is 7.20. The van der Waals surface area contributed by atoms with Crippen LogP contribution in [0.4, 0.5) is 0 Å². The molecule has 9 heteroatoms. The van der Waals surface area contributed by atoms with Crippen LogP contribution in [0.2, 0.25) is 0 Å². The summed E-state index contributed by atoms with van der Waals surface area (Å²) in [7, 11) is -7.45. The van der Waals surface area contributed by atoms with E-state index < -0.39 is 20.2 Å². The van der Waals surface area contributed by atoms with Crippen molar-refractivity contribution in [1.29, 1.82) is 0 Å². The van der Waals surface area contributed by atoms with Crippen LogP contribution in [0.25, 0.3) is 0 Å². The Balaban J connectivity index is 1.50. The fourth-order valence-electron chi connectivity index (χ4n) is 2.60. The first-order valence-corrected chi connectivity index (χ1v) is 13.0. The molecule has 0 aliphatic heterocycles. The maximum atomic E-state index is 12.0. The lowest BCUT2D eigenvalue weighted by Gasteiger charge is -2.07. The Labute approximate surface area is 185 Å². The molecule has 0 heterocycles. The van der Waals surface area contributed by atoms with E-state index in [9.17, 15) is 16.8 Å². The summed E-state index contributed by atoms with van der Waals surface area (Å²) in [6.45, 7) is 4.94. The predicted octanol–water partition coefficient (Wildman–Crippen LogP) is 3.99. The number of hydrogen-bond acceptors (Lipinski definition) is 7. The molecular weight excluding hydrogens is 440 g/mol. The standard InChI is InChI=1S/C22H30O7S2/c1-19-7-11-21(12-8-19)30(23,24)28-17-5-3-15-27-16-4-6-18-29-31(25,26)22-13-9-20(2)10-14-22/h7-14H,3-6,15-18H2,1-2H3. The first-order chi connectivity index (χ1) is 14.7. The second kappa shape index (κ2) is 12.3. The van der Waals surface area contributed by atoms with Crippen LogP contribution in [0.3, 0.4) is 0 Å². The van der Waals surface area contributed by atoms with Crippen LogP contribution in [-0.2, 0) is 33.3 Å². The zero-order valence-corrected chi connectivity index (χ0v) is 19.6.